The van der Waals surface area contributed by atoms with Crippen LogP contribution in [0.25, 0.3) is 0 Å². The second-order valence-electron chi connectivity index (χ2n) is 5.74. The van der Waals surface area contributed by atoms with Crippen LogP contribution in [0.2, 0.25) is 0 Å². The molecule has 1 N–H and O–H groups in total. The third-order valence-corrected chi connectivity index (χ3v) is 5.52. The summed E-state index contributed by atoms with van der Waals surface area (Å²) in [5, 5.41) is 9.60. The first-order valence-electron chi connectivity index (χ1n) is 7.44. The number of nitrogens with zero attached hydrogens (tertiary/aromatic N) is 1. The molecule has 3 nitrogen and oxygen atoms in total. The van der Waals surface area contributed by atoms with Gasteiger partial charge in [-0.25, -0.2) is 4.79 Å². The normalized spacial score (nSPS) is 24.9. The van der Waals surface area contributed by atoms with E-state index in [0.29, 0.717) is 5.56 Å². The van der Waals surface area contributed by atoms with E-state index in [1.165, 1.54) is 19.3 Å². The molecule has 1 heterocycles. The molecule has 0 amide bonds. The fourth-order valence-electron chi connectivity index (χ4n) is 3.71. The van der Waals surface area contributed by atoms with E-state index in [-0.39, 0.29) is 0 Å². The second-order valence-corrected chi connectivity index (χ2v) is 7.05. The van der Waals surface area contributed by atoms with E-state index < -0.39 is 5.97 Å². The fourth-order valence-corrected chi connectivity index (χ4v) is 4.53. The minimum absolute atomic E-state index is 0.499. The van der Waals surface area contributed by atoms with Crippen molar-refractivity contribution >= 4 is 23.4 Å². The van der Waals surface area contributed by atoms with Crippen molar-refractivity contribution in [1.82, 2.24) is 0 Å². The average Bonchev–Trinajstić information content (AvgIpc) is 2.99. The van der Waals surface area contributed by atoms with Crippen LogP contribution in [0.3, 0.4) is 0 Å². The average molecular weight is 291 g/mol. The van der Waals surface area contributed by atoms with Gasteiger partial charge in [-0.1, -0.05) is 19.4 Å². The maximum Gasteiger partial charge on any atom is 0.338 e. The number of hydrogen-bond acceptors (Lipinski definition) is 3. The number of rotatable bonds is 4. The van der Waals surface area contributed by atoms with Gasteiger partial charge in [0.25, 0.3) is 0 Å². The lowest BCUT2D eigenvalue weighted by atomic mass is 10.0. The summed E-state index contributed by atoms with van der Waals surface area (Å²) in [6.07, 6.45) is 3.97. The highest BCUT2D eigenvalue weighted by Gasteiger charge is 2.37. The summed E-state index contributed by atoms with van der Waals surface area (Å²) in [7, 11) is 0. The SMILES string of the molecule is CCSc1cccc(N2CC3CCCC3C2)c1C(=O)O. The summed E-state index contributed by atoms with van der Waals surface area (Å²) in [5.74, 6) is 1.65. The number of carboxylic acid groups (broad SMARTS) is 1. The number of carbonyl (C=O) groups is 1. The molecule has 1 aliphatic heterocycles. The molecule has 1 aromatic rings. The molecule has 1 saturated carbocycles. The molecule has 0 radical (unpaired) electrons. The molecule has 2 atom stereocenters. The van der Waals surface area contributed by atoms with E-state index in [1.807, 2.05) is 18.2 Å². The molecule has 2 fully saturated rings. The summed E-state index contributed by atoms with van der Waals surface area (Å²) in [6.45, 7) is 4.12. The molecule has 0 spiro atoms. The highest BCUT2D eigenvalue weighted by molar-refractivity contribution is 7.99. The Bertz CT molecular complexity index is 505. The molecule has 1 aromatic carbocycles. The standard InChI is InChI=1S/C16H21NO2S/c1-2-20-14-8-4-7-13(15(14)16(18)19)17-9-11-5-3-6-12(11)10-17/h4,7-8,11-12H,2-3,5-6,9-10H2,1H3,(H,18,19). The zero-order valence-corrected chi connectivity index (χ0v) is 12.7. The molecule has 2 aliphatic rings. The Hall–Kier alpha value is -1.16. The van der Waals surface area contributed by atoms with Crippen LogP contribution < -0.4 is 4.90 Å². The Labute approximate surface area is 124 Å². The molecule has 0 aromatic heterocycles. The van der Waals surface area contributed by atoms with Gasteiger partial charge in [0.15, 0.2) is 0 Å². The number of aromatic carboxylic acids is 1. The number of hydrogen-bond donors (Lipinski definition) is 1. The highest BCUT2D eigenvalue weighted by Crippen LogP contribution is 2.41. The predicted octanol–water partition coefficient (Wildman–Crippen LogP) is 3.73. The molecule has 1 saturated heterocycles. The first-order valence-corrected chi connectivity index (χ1v) is 8.43. The van der Waals surface area contributed by atoms with Crippen molar-refractivity contribution < 1.29 is 9.90 Å². The second kappa shape index (κ2) is 5.68. The van der Waals surface area contributed by atoms with Crippen molar-refractivity contribution in [3.63, 3.8) is 0 Å². The smallest absolute Gasteiger partial charge is 0.338 e. The topological polar surface area (TPSA) is 40.5 Å². The fraction of sp³-hybridized carbons (Fsp3) is 0.562. The first-order chi connectivity index (χ1) is 9.70. The van der Waals surface area contributed by atoms with Gasteiger partial charge in [-0.15, -0.1) is 11.8 Å². The van der Waals surface area contributed by atoms with E-state index in [2.05, 4.69) is 11.8 Å². The lowest BCUT2D eigenvalue weighted by Crippen LogP contribution is -2.23. The molecule has 2 unspecified atom stereocenters. The summed E-state index contributed by atoms with van der Waals surface area (Å²) in [4.78, 5) is 14.9. The van der Waals surface area contributed by atoms with Crippen LogP contribution in [0.15, 0.2) is 23.1 Å². The number of benzene rings is 1. The monoisotopic (exact) mass is 291 g/mol. The van der Waals surface area contributed by atoms with Crippen molar-refractivity contribution in [2.45, 2.75) is 31.1 Å². The molecular weight excluding hydrogens is 270 g/mol. The lowest BCUT2D eigenvalue weighted by molar-refractivity contribution is 0.0694. The van der Waals surface area contributed by atoms with Crippen LogP contribution in [0.4, 0.5) is 5.69 Å². The third-order valence-electron chi connectivity index (χ3n) is 4.58. The molecule has 3 rings (SSSR count). The van der Waals surface area contributed by atoms with E-state index in [9.17, 15) is 9.90 Å². The van der Waals surface area contributed by atoms with Crippen LogP contribution >= 0.6 is 11.8 Å². The van der Waals surface area contributed by atoms with Gasteiger partial charge in [0.05, 0.1) is 11.3 Å². The lowest BCUT2D eigenvalue weighted by Gasteiger charge is -2.23. The van der Waals surface area contributed by atoms with Crippen LogP contribution in [0.1, 0.15) is 36.5 Å². The van der Waals surface area contributed by atoms with Crippen molar-refractivity contribution in [3.8, 4) is 0 Å². The van der Waals surface area contributed by atoms with E-state index >= 15 is 0 Å². The molecule has 20 heavy (non-hydrogen) atoms. The largest absolute Gasteiger partial charge is 0.478 e. The predicted molar refractivity (Wildman–Crippen MR) is 82.8 cm³/mol. The zero-order chi connectivity index (χ0) is 14.1. The van der Waals surface area contributed by atoms with Crippen molar-refractivity contribution in [1.29, 1.82) is 0 Å². The van der Waals surface area contributed by atoms with Crippen LogP contribution in [-0.2, 0) is 0 Å². The van der Waals surface area contributed by atoms with Crippen LogP contribution in [-0.4, -0.2) is 29.9 Å². The van der Waals surface area contributed by atoms with Gasteiger partial charge < -0.3 is 10.0 Å². The van der Waals surface area contributed by atoms with Crippen molar-refractivity contribution in [2.24, 2.45) is 11.8 Å². The Balaban J connectivity index is 1.93. The molecule has 108 valence electrons. The van der Waals surface area contributed by atoms with Gasteiger partial charge in [0.1, 0.15) is 0 Å². The zero-order valence-electron chi connectivity index (χ0n) is 11.8. The Kier molecular flexibility index (Phi) is 3.92. The Morgan fingerprint density at radius 2 is 2.05 bits per heavy atom. The maximum absolute atomic E-state index is 11.7. The summed E-state index contributed by atoms with van der Waals surface area (Å²) in [5.41, 5.74) is 1.42. The van der Waals surface area contributed by atoms with Gasteiger partial charge in [-0.2, -0.15) is 0 Å². The van der Waals surface area contributed by atoms with Crippen LogP contribution in [0, 0.1) is 11.8 Å². The summed E-state index contributed by atoms with van der Waals surface area (Å²) < 4.78 is 0. The minimum Gasteiger partial charge on any atom is -0.478 e. The number of anilines is 1. The Morgan fingerprint density at radius 1 is 1.35 bits per heavy atom. The van der Waals surface area contributed by atoms with E-state index in [4.69, 9.17) is 0 Å². The van der Waals surface area contributed by atoms with Gasteiger partial charge in [-0.3, -0.25) is 0 Å². The molecular formula is C16H21NO2S. The molecule has 4 heteroatoms. The number of fused-ring (bicyclic) bond motifs is 1. The highest BCUT2D eigenvalue weighted by atomic mass is 32.2. The van der Waals surface area contributed by atoms with Crippen molar-refractivity contribution in [2.75, 3.05) is 23.7 Å². The summed E-state index contributed by atoms with van der Waals surface area (Å²) in [6, 6.07) is 5.90. The van der Waals surface area contributed by atoms with Gasteiger partial charge in [-0.05, 0) is 42.6 Å². The quantitative estimate of drug-likeness (QED) is 0.858. The van der Waals surface area contributed by atoms with Gasteiger partial charge in [0, 0.05) is 18.0 Å². The minimum atomic E-state index is -0.798. The van der Waals surface area contributed by atoms with Gasteiger partial charge >= 0.3 is 5.97 Å². The van der Waals surface area contributed by atoms with E-state index in [0.717, 1.165) is 41.3 Å². The number of thioether (sulfide) groups is 1. The van der Waals surface area contributed by atoms with Crippen LogP contribution in [0.5, 0.6) is 0 Å². The maximum atomic E-state index is 11.7. The first kappa shape index (κ1) is 13.8. The molecule has 0 bridgehead atoms. The third kappa shape index (κ3) is 2.41. The summed E-state index contributed by atoms with van der Waals surface area (Å²) >= 11 is 1.62. The Morgan fingerprint density at radius 3 is 2.65 bits per heavy atom. The van der Waals surface area contributed by atoms with E-state index in [1.54, 1.807) is 11.8 Å². The van der Waals surface area contributed by atoms with Crippen molar-refractivity contribution in [3.05, 3.63) is 23.8 Å². The molecule has 1 aliphatic carbocycles. The number of carboxylic acids is 1. The van der Waals surface area contributed by atoms with Gasteiger partial charge in [0.2, 0.25) is 0 Å².